The van der Waals surface area contributed by atoms with Crippen LogP contribution >= 0.6 is 11.3 Å². The van der Waals surface area contributed by atoms with Crippen LogP contribution in [0.5, 0.6) is 0 Å². The molecule has 1 fully saturated rings. The molecule has 0 atom stereocenters. The van der Waals surface area contributed by atoms with E-state index < -0.39 is 10.0 Å². The van der Waals surface area contributed by atoms with Gasteiger partial charge in [-0.15, -0.1) is 11.3 Å². The maximum Gasteiger partial charge on any atom is 0.253 e. The Morgan fingerprint density at radius 3 is 2.65 bits per heavy atom. The number of hydrogen-bond acceptors (Lipinski definition) is 4. The fraction of sp³-hybridized carbons (Fsp3) is 0.636. The van der Waals surface area contributed by atoms with E-state index in [-0.39, 0.29) is 5.54 Å². The Balaban J connectivity index is 2.36. The lowest BCUT2D eigenvalue weighted by atomic mass is 10.0. The maximum atomic E-state index is 12.5. The summed E-state index contributed by atoms with van der Waals surface area (Å²) < 4.78 is 27.0. The summed E-state index contributed by atoms with van der Waals surface area (Å²) in [6.07, 6.45) is 1.85. The Morgan fingerprint density at radius 2 is 2.18 bits per heavy atom. The summed E-state index contributed by atoms with van der Waals surface area (Å²) in [5.41, 5.74) is 5.24. The molecule has 2 rings (SSSR count). The lowest BCUT2D eigenvalue weighted by Gasteiger charge is -2.29. The minimum atomic E-state index is -3.34. The Kier molecular flexibility index (Phi) is 3.33. The molecule has 0 aliphatic carbocycles. The van der Waals surface area contributed by atoms with E-state index in [0.29, 0.717) is 17.3 Å². The second kappa shape index (κ2) is 4.35. The zero-order valence-electron chi connectivity index (χ0n) is 10.1. The van der Waals surface area contributed by atoms with Gasteiger partial charge in [0.15, 0.2) is 0 Å². The highest BCUT2D eigenvalue weighted by Gasteiger charge is 2.41. The van der Waals surface area contributed by atoms with Crippen molar-refractivity contribution in [3.63, 3.8) is 0 Å². The van der Waals surface area contributed by atoms with Gasteiger partial charge in [-0.1, -0.05) is 0 Å². The third-order valence-electron chi connectivity index (χ3n) is 3.21. The summed E-state index contributed by atoms with van der Waals surface area (Å²) in [5.74, 6) is 0. The molecule has 6 heteroatoms. The van der Waals surface area contributed by atoms with Crippen molar-refractivity contribution in [2.24, 2.45) is 5.73 Å². The SMILES string of the molecule is CC1(C)CCCN1S(=O)(=O)c1ccc(CN)s1. The van der Waals surface area contributed by atoms with E-state index in [1.165, 1.54) is 11.3 Å². The first-order chi connectivity index (χ1) is 7.88. The van der Waals surface area contributed by atoms with Crippen LogP contribution in [0.25, 0.3) is 0 Å². The van der Waals surface area contributed by atoms with Crippen LogP contribution < -0.4 is 5.73 Å². The van der Waals surface area contributed by atoms with Gasteiger partial charge in [0.25, 0.3) is 10.0 Å². The molecule has 0 aromatic carbocycles. The normalized spacial score (nSPS) is 20.9. The maximum absolute atomic E-state index is 12.5. The van der Waals surface area contributed by atoms with Crippen LogP contribution in [0, 0.1) is 0 Å². The fourth-order valence-electron chi connectivity index (χ4n) is 2.24. The van der Waals surface area contributed by atoms with E-state index in [9.17, 15) is 8.42 Å². The third kappa shape index (κ3) is 2.27. The molecule has 1 aromatic heterocycles. The average Bonchev–Trinajstić information content (AvgIpc) is 2.83. The number of hydrogen-bond donors (Lipinski definition) is 1. The van der Waals surface area contributed by atoms with E-state index in [2.05, 4.69) is 0 Å². The van der Waals surface area contributed by atoms with Gasteiger partial charge in [-0.2, -0.15) is 4.31 Å². The quantitative estimate of drug-likeness (QED) is 0.913. The summed E-state index contributed by atoms with van der Waals surface area (Å²) in [5, 5.41) is 0. The van der Waals surface area contributed by atoms with E-state index in [4.69, 9.17) is 5.73 Å². The van der Waals surface area contributed by atoms with Crippen molar-refractivity contribution in [2.45, 2.75) is 43.0 Å². The van der Waals surface area contributed by atoms with Crippen molar-refractivity contribution in [1.29, 1.82) is 0 Å². The zero-order chi connectivity index (χ0) is 12.7. The van der Waals surface area contributed by atoms with Crippen LogP contribution in [0.4, 0.5) is 0 Å². The minimum absolute atomic E-state index is 0.272. The number of nitrogens with two attached hydrogens (primary N) is 1. The van der Waals surface area contributed by atoms with E-state index in [1.54, 1.807) is 16.4 Å². The number of sulfonamides is 1. The average molecular weight is 274 g/mol. The Morgan fingerprint density at radius 1 is 1.47 bits per heavy atom. The summed E-state index contributed by atoms with van der Waals surface area (Å²) in [7, 11) is -3.34. The van der Waals surface area contributed by atoms with Crippen molar-refractivity contribution in [3.05, 3.63) is 17.0 Å². The van der Waals surface area contributed by atoms with E-state index >= 15 is 0 Å². The highest BCUT2D eigenvalue weighted by molar-refractivity contribution is 7.91. The molecule has 1 aliphatic heterocycles. The lowest BCUT2D eigenvalue weighted by molar-refractivity contribution is 0.292. The van der Waals surface area contributed by atoms with Crippen LogP contribution in [-0.4, -0.2) is 24.8 Å². The van der Waals surface area contributed by atoms with Crippen LogP contribution in [0.3, 0.4) is 0 Å². The van der Waals surface area contributed by atoms with Crippen molar-refractivity contribution >= 4 is 21.4 Å². The summed E-state index contributed by atoms with van der Waals surface area (Å²) >= 11 is 1.27. The van der Waals surface area contributed by atoms with Gasteiger partial charge in [-0.25, -0.2) is 8.42 Å². The third-order valence-corrected chi connectivity index (χ3v) is 6.89. The molecule has 1 aromatic rings. The molecule has 0 radical (unpaired) electrons. The van der Waals surface area contributed by atoms with E-state index in [1.807, 2.05) is 13.8 Å². The fourth-order valence-corrected chi connectivity index (χ4v) is 5.44. The Hall–Kier alpha value is -0.430. The molecule has 0 amide bonds. The van der Waals surface area contributed by atoms with Gasteiger partial charge in [0.05, 0.1) is 0 Å². The molecule has 1 aliphatic rings. The highest BCUT2D eigenvalue weighted by Crippen LogP contribution is 2.35. The van der Waals surface area contributed by atoms with Crippen molar-refractivity contribution in [3.8, 4) is 0 Å². The zero-order valence-corrected chi connectivity index (χ0v) is 11.8. The Bertz CT molecular complexity index is 505. The predicted octanol–water partition coefficient (Wildman–Crippen LogP) is 1.77. The first-order valence-corrected chi connectivity index (χ1v) is 7.95. The molecule has 0 unspecified atom stereocenters. The molecule has 0 saturated carbocycles. The molecule has 0 bridgehead atoms. The topological polar surface area (TPSA) is 63.4 Å². The Labute approximate surface area is 106 Å². The molecular weight excluding hydrogens is 256 g/mol. The molecule has 96 valence electrons. The first-order valence-electron chi connectivity index (χ1n) is 5.69. The van der Waals surface area contributed by atoms with Crippen molar-refractivity contribution in [2.75, 3.05) is 6.54 Å². The largest absolute Gasteiger partial charge is 0.326 e. The molecule has 4 nitrogen and oxygen atoms in total. The van der Waals surface area contributed by atoms with Gasteiger partial charge in [0, 0.05) is 23.5 Å². The van der Waals surface area contributed by atoms with Gasteiger partial charge in [-0.3, -0.25) is 0 Å². The smallest absolute Gasteiger partial charge is 0.253 e. The number of nitrogens with zero attached hydrogens (tertiary/aromatic N) is 1. The monoisotopic (exact) mass is 274 g/mol. The van der Waals surface area contributed by atoms with Gasteiger partial charge < -0.3 is 5.73 Å². The molecule has 2 heterocycles. The first kappa shape index (κ1) is 13.0. The molecule has 17 heavy (non-hydrogen) atoms. The second-order valence-corrected chi connectivity index (χ2v) is 8.18. The molecule has 2 N–H and O–H groups in total. The minimum Gasteiger partial charge on any atom is -0.326 e. The van der Waals surface area contributed by atoms with Gasteiger partial charge in [-0.05, 0) is 38.8 Å². The van der Waals surface area contributed by atoms with Gasteiger partial charge in [0.1, 0.15) is 4.21 Å². The van der Waals surface area contributed by atoms with Gasteiger partial charge >= 0.3 is 0 Å². The van der Waals surface area contributed by atoms with E-state index in [0.717, 1.165) is 17.7 Å². The molecule has 1 saturated heterocycles. The highest BCUT2D eigenvalue weighted by atomic mass is 32.2. The number of rotatable bonds is 3. The van der Waals surface area contributed by atoms with Crippen molar-refractivity contribution in [1.82, 2.24) is 4.31 Å². The molecular formula is C11H18N2O2S2. The predicted molar refractivity (Wildman–Crippen MR) is 69.4 cm³/mol. The summed E-state index contributed by atoms with van der Waals surface area (Å²) in [6.45, 7) is 4.97. The van der Waals surface area contributed by atoms with Crippen LogP contribution in [0.15, 0.2) is 16.3 Å². The summed E-state index contributed by atoms with van der Waals surface area (Å²) in [6, 6.07) is 3.46. The van der Waals surface area contributed by atoms with Crippen molar-refractivity contribution < 1.29 is 8.42 Å². The molecule has 0 spiro atoms. The lowest BCUT2D eigenvalue weighted by Crippen LogP contribution is -2.42. The standard InChI is InChI=1S/C11H18N2O2S2/c1-11(2)6-3-7-13(11)17(14,15)10-5-4-9(8-12)16-10/h4-5H,3,6-8,12H2,1-2H3. The second-order valence-electron chi connectivity index (χ2n) is 4.92. The number of thiophene rings is 1. The summed E-state index contributed by atoms with van der Waals surface area (Å²) in [4.78, 5) is 0.903. The van der Waals surface area contributed by atoms with Gasteiger partial charge in [0.2, 0.25) is 0 Å². The van der Waals surface area contributed by atoms with Crippen LogP contribution in [0.2, 0.25) is 0 Å². The van der Waals surface area contributed by atoms with Crippen LogP contribution in [-0.2, 0) is 16.6 Å². The van der Waals surface area contributed by atoms with Crippen LogP contribution in [0.1, 0.15) is 31.6 Å².